The summed E-state index contributed by atoms with van der Waals surface area (Å²) in [5.41, 5.74) is 13.0. The Kier molecular flexibility index (Phi) is 5.80. The summed E-state index contributed by atoms with van der Waals surface area (Å²) in [4.78, 5) is 12.4. The number of hydrogen-bond acceptors (Lipinski definition) is 3. The minimum atomic E-state index is -0.266. The van der Waals surface area contributed by atoms with Crippen LogP contribution in [0.5, 0.6) is 0 Å². The molecule has 2 heterocycles. The van der Waals surface area contributed by atoms with Crippen LogP contribution < -0.4 is 11.1 Å². The zero-order valence-corrected chi connectivity index (χ0v) is 15.9. The minimum absolute atomic E-state index is 0.266. The molecule has 1 aromatic carbocycles. The first-order chi connectivity index (χ1) is 12.0. The Morgan fingerprint density at radius 1 is 1.04 bits per heavy atom. The predicted octanol–water partition coefficient (Wildman–Crippen LogP) is 3.15. The first-order valence-corrected chi connectivity index (χ1v) is 9.71. The van der Waals surface area contributed by atoms with Crippen molar-refractivity contribution in [3.63, 3.8) is 0 Å². The maximum Gasteiger partial charge on any atom is 0.249 e. The maximum atomic E-state index is 12.4. The molecule has 2 aliphatic rings. The van der Waals surface area contributed by atoms with Crippen molar-refractivity contribution < 1.29 is 9.53 Å². The highest BCUT2D eigenvalue weighted by atomic mass is 16.5. The molecule has 1 amide bonds. The Labute approximate surface area is 151 Å². The van der Waals surface area contributed by atoms with Gasteiger partial charge in [0.2, 0.25) is 5.91 Å². The Hall–Kier alpha value is -1.39. The summed E-state index contributed by atoms with van der Waals surface area (Å²) in [6.45, 7) is 10.2. The van der Waals surface area contributed by atoms with E-state index >= 15 is 0 Å². The van der Waals surface area contributed by atoms with Gasteiger partial charge in [0.05, 0.1) is 0 Å². The molecule has 138 valence electrons. The van der Waals surface area contributed by atoms with Gasteiger partial charge in [-0.05, 0) is 106 Å². The fourth-order valence-electron chi connectivity index (χ4n) is 4.71. The molecule has 25 heavy (non-hydrogen) atoms. The van der Waals surface area contributed by atoms with Gasteiger partial charge in [0.25, 0.3) is 0 Å². The number of benzene rings is 1. The Balaban J connectivity index is 2.10. The van der Waals surface area contributed by atoms with Crippen molar-refractivity contribution in [3.05, 3.63) is 33.4 Å². The maximum absolute atomic E-state index is 12.4. The van der Waals surface area contributed by atoms with Gasteiger partial charge >= 0.3 is 0 Å². The van der Waals surface area contributed by atoms with Gasteiger partial charge in [-0.25, -0.2) is 0 Å². The van der Waals surface area contributed by atoms with Crippen LogP contribution in [0.25, 0.3) is 0 Å². The number of piperidine rings is 1. The van der Waals surface area contributed by atoms with E-state index in [-0.39, 0.29) is 5.91 Å². The third-order valence-electron chi connectivity index (χ3n) is 6.36. The second kappa shape index (κ2) is 7.88. The third-order valence-corrected chi connectivity index (χ3v) is 6.36. The van der Waals surface area contributed by atoms with Crippen molar-refractivity contribution in [1.29, 1.82) is 0 Å². The van der Waals surface area contributed by atoms with Gasteiger partial charge < -0.3 is 15.8 Å². The molecule has 0 radical (unpaired) electrons. The summed E-state index contributed by atoms with van der Waals surface area (Å²) < 4.78 is 5.53. The average molecular weight is 344 g/mol. The van der Waals surface area contributed by atoms with Crippen LogP contribution in [0.3, 0.4) is 0 Å². The Morgan fingerprint density at radius 3 is 2.28 bits per heavy atom. The van der Waals surface area contributed by atoms with E-state index in [4.69, 9.17) is 10.5 Å². The van der Waals surface area contributed by atoms with Crippen molar-refractivity contribution in [1.82, 2.24) is 5.32 Å². The molecule has 2 saturated heterocycles. The van der Waals surface area contributed by atoms with Crippen LogP contribution in [0.15, 0.2) is 0 Å². The first kappa shape index (κ1) is 18.4. The molecular weight excluding hydrogens is 312 g/mol. The topological polar surface area (TPSA) is 64.4 Å². The fourth-order valence-corrected chi connectivity index (χ4v) is 4.71. The number of amides is 1. The lowest BCUT2D eigenvalue weighted by atomic mass is 9.76. The molecule has 0 unspecified atom stereocenters. The molecular formula is C21H32N2O2. The molecule has 0 aliphatic carbocycles. The quantitative estimate of drug-likeness (QED) is 0.882. The summed E-state index contributed by atoms with van der Waals surface area (Å²) in [6, 6.07) is 0. The second-order valence-corrected chi connectivity index (χ2v) is 7.79. The van der Waals surface area contributed by atoms with E-state index in [2.05, 4.69) is 26.1 Å². The number of hydrogen-bond donors (Lipinski definition) is 2. The lowest BCUT2D eigenvalue weighted by Gasteiger charge is -2.32. The predicted molar refractivity (Wildman–Crippen MR) is 101 cm³/mol. The van der Waals surface area contributed by atoms with E-state index < -0.39 is 0 Å². The Bertz CT molecular complexity index is 642. The normalized spacial score (nSPS) is 20.0. The van der Waals surface area contributed by atoms with Crippen molar-refractivity contribution in [2.24, 2.45) is 11.7 Å². The van der Waals surface area contributed by atoms with E-state index in [1.807, 2.05) is 0 Å². The zero-order chi connectivity index (χ0) is 18.0. The van der Waals surface area contributed by atoms with Gasteiger partial charge in [0, 0.05) is 18.8 Å². The van der Waals surface area contributed by atoms with Crippen LogP contribution >= 0.6 is 0 Å². The summed E-state index contributed by atoms with van der Waals surface area (Å²) in [7, 11) is 0. The largest absolute Gasteiger partial charge is 0.381 e. The molecule has 4 heteroatoms. The van der Waals surface area contributed by atoms with Gasteiger partial charge in [-0.15, -0.1) is 0 Å². The Morgan fingerprint density at radius 2 is 1.68 bits per heavy atom. The first-order valence-electron chi connectivity index (χ1n) is 9.71. The SMILES string of the molecule is Cc1c(C)c(C(N)=O)c(CC2CCOCC2)c(C2CCNCC2)c1C. The summed E-state index contributed by atoms with van der Waals surface area (Å²) in [6.07, 6.45) is 5.40. The highest BCUT2D eigenvalue weighted by molar-refractivity contribution is 5.97. The van der Waals surface area contributed by atoms with E-state index in [9.17, 15) is 4.79 Å². The van der Waals surface area contributed by atoms with Gasteiger partial charge in [0.1, 0.15) is 0 Å². The lowest BCUT2D eigenvalue weighted by Crippen LogP contribution is -2.29. The highest BCUT2D eigenvalue weighted by Crippen LogP contribution is 2.38. The van der Waals surface area contributed by atoms with E-state index in [0.29, 0.717) is 11.8 Å². The minimum Gasteiger partial charge on any atom is -0.381 e. The van der Waals surface area contributed by atoms with Crippen molar-refractivity contribution in [2.45, 2.75) is 58.8 Å². The number of nitrogens with one attached hydrogen (secondary N) is 1. The number of carbonyl (C=O) groups is 1. The van der Waals surface area contributed by atoms with Crippen LogP contribution in [-0.2, 0) is 11.2 Å². The molecule has 0 atom stereocenters. The molecule has 2 fully saturated rings. The third kappa shape index (κ3) is 3.75. The highest BCUT2D eigenvalue weighted by Gasteiger charge is 2.28. The van der Waals surface area contributed by atoms with Crippen LogP contribution in [0, 0.1) is 26.7 Å². The number of primary amides is 1. The molecule has 4 nitrogen and oxygen atoms in total. The molecule has 0 saturated carbocycles. The average Bonchev–Trinajstić information content (AvgIpc) is 2.61. The smallest absolute Gasteiger partial charge is 0.249 e. The molecule has 1 aromatic rings. The summed E-state index contributed by atoms with van der Waals surface area (Å²) in [5.74, 6) is 0.861. The molecule has 0 spiro atoms. The van der Waals surface area contributed by atoms with Crippen LogP contribution in [0.1, 0.15) is 69.8 Å². The summed E-state index contributed by atoms with van der Waals surface area (Å²) >= 11 is 0. The van der Waals surface area contributed by atoms with Gasteiger partial charge in [0.15, 0.2) is 0 Å². The van der Waals surface area contributed by atoms with Crippen LogP contribution in [0.2, 0.25) is 0 Å². The monoisotopic (exact) mass is 344 g/mol. The second-order valence-electron chi connectivity index (χ2n) is 7.79. The standard InChI is InChI=1S/C21H32N2O2/c1-13-14(2)19(17-4-8-23-9-5-17)18(20(15(13)3)21(22)24)12-16-6-10-25-11-7-16/h16-17,23H,4-12H2,1-3H3,(H2,22,24). The lowest BCUT2D eigenvalue weighted by molar-refractivity contribution is 0.0663. The van der Waals surface area contributed by atoms with Gasteiger partial charge in [-0.2, -0.15) is 0 Å². The van der Waals surface area contributed by atoms with Gasteiger partial charge in [-0.1, -0.05) is 0 Å². The number of carbonyl (C=O) groups excluding carboxylic acids is 1. The van der Waals surface area contributed by atoms with Crippen molar-refractivity contribution in [2.75, 3.05) is 26.3 Å². The number of nitrogens with two attached hydrogens (primary N) is 1. The van der Waals surface area contributed by atoms with E-state index in [0.717, 1.165) is 69.5 Å². The van der Waals surface area contributed by atoms with Gasteiger partial charge in [-0.3, -0.25) is 4.79 Å². The molecule has 3 N–H and O–H groups in total. The number of ether oxygens (including phenoxy) is 1. The molecule has 2 aliphatic heterocycles. The van der Waals surface area contributed by atoms with Crippen LogP contribution in [0.4, 0.5) is 0 Å². The zero-order valence-electron chi connectivity index (χ0n) is 15.9. The molecule has 0 bridgehead atoms. The van der Waals surface area contributed by atoms with Crippen molar-refractivity contribution >= 4 is 5.91 Å². The number of rotatable bonds is 4. The van der Waals surface area contributed by atoms with E-state index in [1.165, 1.54) is 22.3 Å². The van der Waals surface area contributed by atoms with Crippen LogP contribution in [-0.4, -0.2) is 32.2 Å². The van der Waals surface area contributed by atoms with E-state index in [1.54, 1.807) is 0 Å². The molecule has 3 rings (SSSR count). The fraction of sp³-hybridized carbons (Fsp3) is 0.667. The summed E-state index contributed by atoms with van der Waals surface area (Å²) in [5, 5.41) is 3.46. The molecule has 0 aromatic heterocycles. The van der Waals surface area contributed by atoms with Crippen molar-refractivity contribution in [3.8, 4) is 0 Å².